The van der Waals surface area contributed by atoms with Crippen LogP contribution in [0.3, 0.4) is 0 Å². The maximum absolute atomic E-state index is 13.6. The van der Waals surface area contributed by atoms with Crippen molar-refractivity contribution in [1.29, 1.82) is 0 Å². The molecule has 4 rings (SSSR count). The summed E-state index contributed by atoms with van der Waals surface area (Å²) in [7, 11) is -1.72. The van der Waals surface area contributed by atoms with E-state index in [1.165, 1.54) is 21.9 Å². The van der Waals surface area contributed by atoms with Gasteiger partial charge in [-0.25, -0.2) is 0 Å². The van der Waals surface area contributed by atoms with Gasteiger partial charge in [-0.2, -0.15) is 0 Å². The smallest absolute Gasteiger partial charge is 0.193 e. The van der Waals surface area contributed by atoms with Crippen LogP contribution in [0.5, 0.6) is 0 Å². The Labute approximate surface area is 163 Å². The van der Waals surface area contributed by atoms with Crippen molar-refractivity contribution >= 4 is 25.1 Å². The minimum absolute atomic E-state index is 0.241. The number of ketones is 1. The molecule has 27 heavy (non-hydrogen) atoms. The maximum Gasteiger partial charge on any atom is 0.193 e. The highest BCUT2D eigenvalue weighted by Crippen LogP contribution is 2.48. The average molecular weight is 371 g/mol. The number of hydrogen-bond acceptors (Lipinski definition) is 1. The predicted octanol–water partition coefficient (Wildman–Crippen LogP) is 6.46. The number of allylic oxidation sites excluding steroid dienone is 4. The van der Waals surface area contributed by atoms with Crippen molar-refractivity contribution < 1.29 is 4.79 Å². The van der Waals surface area contributed by atoms with Gasteiger partial charge in [-0.3, -0.25) is 4.79 Å². The molecule has 0 aromatic heterocycles. The Morgan fingerprint density at radius 1 is 0.852 bits per heavy atom. The molecule has 0 amide bonds. The SMILES string of the molecule is C[Si](C)(C)/C(=C1/C(=O)/C(=C\c2ccccc2)C2=C1CCC2)c1ccccc1. The lowest BCUT2D eigenvalue weighted by Crippen LogP contribution is -2.26. The van der Waals surface area contributed by atoms with Gasteiger partial charge in [0.05, 0.1) is 8.07 Å². The number of Topliss-reactive ketones (excluding diaryl/α,β-unsaturated/α-hetero) is 1. The van der Waals surface area contributed by atoms with Gasteiger partial charge in [-0.05, 0) is 52.8 Å². The van der Waals surface area contributed by atoms with Crippen molar-refractivity contribution in [3.8, 4) is 0 Å². The van der Waals surface area contributed by atoms with Crippen LogP contribution in [-0.4, -0.2) is 13.9 Å². The summed E-state index contributed by atoms with van der Waals surface area (Å²) in [6, 6.07) is 20.8. The first-order valence-corrected chi connectivity index (χ1v) is 13.3. The van der Waals surface area contributed by atoms with E-state index in [4.69, 9.17) is 0 Å². The molecule has 0 spiro atoms. The van der Waals surface area contributed by atoms with Gasteiger partial charge in [0.15, 0.2) is 5.78 Å². The highest BCUT2D eigenvalue weighted by molar-refractivity contribution is 6.94. The fourth-order valence-electron chi connectivity index (χ4n) is 4.42. The van der Waals surface area contributed by atoms with E-state index < -0.39 is 8.07 Å². The van der Waals surface area contributed by atoms with Crippen LogP contribution in [0.25, 0.3) is 11.3 Å². The second-order valence-electron chi connectivity index (χ2n) is 8.47. The Morgan fingerprint density at radius 3 is 2.07 bits per heavy atom. The molecule has 136 valence electrons. The first-order chi connectivity index (χ1) is 13.0. The quantitative estimate of drug-likeness (QED) is 0.447. The lowest BCUT2D eigenvalue weighted by molar-refractivity contribution is -0.111. The molecular formula is C25H26OSi. The average Bonchev–Trinajstić information content (AvgIpc) is 3.21. The summed E-state index contributed by atoms with van der Waals surface area (Å²) in [5, 5.41) is 1.32. The monoisotopic (exact) mass is 370 g/mol. The molecule has 2 aliphatic rings. The van der Waals surface area contributed by atoms with Crippen LogP contribution in [0.15, 0.2) is 83.0 Å². The maximum atomic E-state index is 13.6. The van der Waals surface area contributed by atoms with Gasteiger partial charge >= 0.3 is 0 Å². The molecule has 2 aromatic carbocycles. The van der Waals surface area contributed by atoms with E-state index in [1.807, 2.05) is 24.3 Å². The molecule has 0 unspecified atom stereocenters. The van der Waals surface area contributed by atoms with Gasteiger partial charge in [0.25, 0.3) is 0 Å². The van der Waals surface area contributed by atoms with Crippen LogP contribution in [0.1, 0.15) is 30.4 Å². The van der Waals surface area contributed by atoms with Crippen molar-refractivity contribution in [1.82, 2.24) is 0 Å². The normalized spacial score (nSPS) is 20.4. The zero-order chi connectivity index (χ0) is 19.0. The number of benzene rings is 2. The van der Waals surface area contributed by atoms with E-state index >= 15 is 0 Å². The van der Waals surface area contributed by atoms with Crippen LogP contribution in [-0.2, 0) is 4.79 Å². The van der Waals surface area contributed by atoms with Gasteiger partial charge in [-0.15, -0.1) is 0 Å². The molecule has 0 atom stereocenters. The lowest BCUT2D eigenvalue weighted by atomic mass is 9.98. The molecule has 0 fully saturated rings. The molecule has 0 N–H and O–H groups in total. The summed E-state index contributed by atoms with van der Waals surface area (Å²) in [5.74, 6) is 0.241. The fourth-order valence-corrected chi connectivity index (χ4v) is 6.46. The molecule has 0 aliphatic heterocycles. The highest BCUT2D eigenvalue weighted by atomic mass is 28.3. The molecule has 0 saturated carbocycles. The van der Waals surface area contributed by atoms with Crippen LogP contribution < -0.4 is 0 Å². The highest BCUT2D eigenvalue weighted by Gasteiger charge is 2.39. The van der Waals surface area contributed by atoms with E-state index in [1.54, 1.807) is 0 Å². The Kier molecular flexibility index (Phi) is 4.61. The molecule has 2 aromatic rings. The first-order valence-electron chi connectivity index (χ1n) is 9.81. The Morgan fingerprint density at radius 2 is 1.44 bits per heavy atom. The van der Waals surface area contributed by atoms with Crippen LogP contribution >= 0.6 is 0 Å². The minimum atomic E-state index is -1.72. The summed E-state index contributed by atoms with van der Waals surface area (Å²) in [4.78, 5) is 13.6. The molecule has 2 heteroatoms. The molecular weight excluding hydrogens is 344 g/mol. The molecule has 0 bridgehead atoms. The third kappa shape index (κ3) is 3.30. The van der Waals surface area contributed by atoms with Crippen molar-refractivity contribution in [3.05, 3.63) is 94.1 Å². The van der Waals surface area contributed by atoms with Crippen LogP contribution in [0, 0.1) is 0 Å². The molecule has 0 saturated heterocycles. The first kappa shape index (κ1) is 17.9. The summed E-state index contributed by atoms with van der Waals surface area (Å²) < 4.78 is 0. The third-order valence-electron chi connectivity index (χ3n) is 5.49. The summed E-state index contributed by atoms with van der Waals surface area (Å²) >= 11 is 0. The second kappa shape index (κ2) is 6.93. The number of hydrogen-bond donors (Lipinski definition) is 0. The standard InChI is InChI=1S/C25H26OSi/c1-27(2,3)25(19-13-8-5-9-14-19)23-21-16-10-15-20(21)22(24(23)26)17-18-11-6-4-7-12-18/h4-9,11-14,17H,10,15-16H2,1-3H3/b22-17-,25-23+. The van der Waals surface area contributed by atoms with Crippen molar-refractivity contribution in [2.24, 2.45) is 0 Å². The predicted molar refractivity (Wildman–Crippen MR) is 117 cm³/mol. The zero-order valence-electron chi connectivity index (χ0n) is 16.4. The third-order valence-corrected chi connectivity index (χ3v) is 7.53. The van der Waals surface area contributed by atoms with Gasteiger partial charge in [0.2, 0.25) is 0 Å². The van der Waals surface area contributed by atoms with E-state index in [-0.39, 0.29) is 5.78 Å². The molecule has 0 radical (unpaired) electrons. The van der Waals surface area contributed by atoms with Gasteiger partial charge < -0.3 is 0 Å². The molecule has 0 heterocycles. The number of carbonyl (C=O) groups is 1. The number of rotatable bonds is 3. The minimum Gasteiger partial charge on any atom is -0.289 e. The summed E-state index contributed by atoms with van der Waals surface area (Å²) in [5.41, 5.74) is 6.90. The topological polar surface area (TPSA) is 17.1 Å². The van der Waals surface area contributed by atoms with Gasteiger partial charge in [0.1, 0.15) is 0 Å². The molecule has 2 aliphatic carbocycles. The largest absolute Gasteiger partial charge is 0.289 e. The van der Waals surface area contributed by atoms with Crippen molar-refractivity contribution in [2.45, 2.75) is 38.9 Å². The Balaban J connectivity index is 1.94. The lowest BCUT2D eigenvalue weighted by Gasteiger charge is -2.25. The zero-order valence-corrected chi connectivity index (χ0v) is 17.4. The van der Waals surface area contributed by atoms with Gasteiger partial charge in [-0.1, -0.05) is 80.3 Å². The Hall–Kier alpha value is -2.45. The summed E-state index contributed by atoms with van der Waals surface area (Å²) in [6.07, 6.45) is 5.31. The van der Waals surface area contributed by atoms with Crippen LogP contribution in [0.2, 0.25) is 19.6 Å². The fraction of sp³-hybridized carbons (Fsp3) is 0.240. The van der Waals surface area contributed by atoms with E-state index in [2.05, 4.69) is 62.1 Å². The van der Waals surface area contributed by atoms with Crippen LogP contribution in [0.4, 0.5) is 0 Å². The molecule has 1 nitrogen and oxygen atoms in total. The van der Waals surface area contributed by atoms with E-state index in [0.717, 1.165) is 36.0 Å². The second-order valence-corrected chi connectivity index (χ2v) is 13.5. The van der Waals surface area contributed by atoms with Crippen molar-refractivity contribution in [2.75, 3.05) is 0 Å². The van der Waals surface area contributed by atoms with E-state index in [9.17, 15) is 4.79 Å². The number of carbonyl (C=O) groups excluding carboxylic acids is 1. The van der Waals surface area contributed by atoms with E-state index in [0.29, 0.717) is 0 Å². The van der Waals surface area contributed by atoms with Crippen molar-refractivity contribution in [3.63, 3.8) is 0 Å². The summed E-state index contributed by atoms with van der Waals surface area (Å²) in [6.45, 7) is 7.05. The Bertz CT molecular complexity index is 970. The van der Waals surface area contributed by atoms with Gasteiger partial charge in [0, 0.05) is 11.1 Å².